The Hall–Kier alpha value is -1.73. The van der Waals surface area contributed by atoms with Crippen LogP contribution in [0, 0.1) is 30.1 Å². The van der Waals surface area contributed by atoms with Crippen molar-refractivity contribution in [3.8, 4) is 17.6 Å². The first-order valence-electron chi connectivity index (χ1n) is 6.34. The molecule has 4 heteroatoms. The molecule has 2 N–H and O–H groups in total. The summed E-state index contributed by atoms with van der Waals surface area (Å²) in [7, 11) is 3.22. The molecule has 0 fully saturated rings. The third-order valence-electron chi connectivity index (χ3n) is 3.36. The standard InChI is InChI=1S/C15H22N2O2/c1-9(2)12(8-16)15(17)11-7-13(18-4)10(3)6-14(11)19-5/h6-7,9,12,15H,17H2,1-5H3. The van der Waals surface area contributed by atoms with Crippen LogP contribution in [0.1, 0.15) is 31.0 Å². The monoisotopic (exact) mass is 262 g/mol. The normalized spacial score (nSPS) is 13.8. The fourth-order valence-electron chi connectivity index (χ4n) is 2.17. The van der Waals surface area contributed by atoms with Crippen LogP contribution in [0.3, 0.4) is 0 Å². The van der Waals surface area contributed by atoms with Crippen LogP contribution in [0.5, 0.6) is 11.5 Å². The number of nitrogens with zero attached hydrogens (tertiary/aromatic N) is 1. The van der Waals surface area contributed by atoms with Gasteiger partial charge in [0.2, 0.25) is 0 Å². The Bertz CT molecular complexity index is 478. The van der Waals surface area contributed by atoms with Gasteiger partial charge in [-0.15, -0.1) is 0 Å². The van der Waals surface area contributed by atoms with Crippen LogP contribution in [0.2, 0.25) is 0 Å². The molecule has 2 unspecified atom stereocenters. The fraction of sp³-hybridized carbons (Fsp3) is 0.533. The largest absolute Gasteiger partial charge is 0.496 e. The molecule has 1 aromatic rings. The van der Waals surface area contributed by atoms with Gasteiger partial charge in [-0.2, -0.15) is 5.26 Å². The number of nitriles is 1. The van der Waals surface area contributed by atoms with Gasteiger partial charge in [-0.3, -0.25) is 0 Å². The van der Waals surface area contributed by atoms with E-state index in [2.05, 4.69) is 6.07 Å². The van der Waals surface area contributed by atoms with Crippen LogP contribution < -0.4 is 15.2 Å². The molecule has 1 rings (SSSR count). The summed E-state index contributed by atoms with van der Waals surface area (Å²) in [4.78, 5) is 0. The summed E-state index contributed by atoms with van der Waals surface area (Å²) in [6.45, 7) is 5.93. The van der Waals surface area contributed by atoms with Gasteiger partial charge in [-0.25, -0.2) is 0 Å². The Kier molecular flexibility index (Phi) is 5.20. The Morgan fingerprint density at radius 1 is 1.16 bits per heavy atom. The molecule has 0 saturated heterocycles. The van der Waals surface area contributed by atoms with Crippen LogP contribution in [0.25, 0.3) is 0 Å². The van der Waals surface area contributed by atoms with Gasteiger partial charge >= 0.3 is 0 Å². The third kappa shape index (κ3) is 3.18. The summed E-state index contributed by atoms with van der Waals surface area (Å²) >= 11 is 0. The van der Waals surface area contributed by atoms with E-state index in [0.717, 1.165) is 16.9 Å². The predicted octanol–water partition coefficient (Wildman–Crippen LogP) is 2.81. The van der Waals surface area contributed by atoms with Gasteiger partial charge in [0.25, 0.3) is 0 Å². The molecule has 0 aliphatic carbocycles. The van der Waals surface area contributed by atoms with Gasteiger partial charge in [-0.1, -0.05) is 13.8 Å². The summed E-state index contributed by atoms with van der Waals surface area (Å²) in [6, 6.07) is 5.65. The Morgan fingerprint density at radius 3 is 2.16 bits per heavy atom. The molecular weight excluding hydrogens is 240 g/mol. The molecule has 0 aromatic heterocycles. The number of ether oxygens (including phenoxy) is 2. The van der Waals surface area contributed by atoms with Gasteiger partial charge in [-0.05, 0) is 30.5 Å². The minimum Gasteiger partial charge on any atom is -0.496 e. The molecule has 1 aromatic carbocycles. The maximum absolute atomic E-state index is 9.27. The van der Waals surface area contributed by atoms with E-state index in [1.54, 1.807) is 14.2 Å². The highest BCUT2D eigenvalue weighted by molar-refractivity contribution is 5.47. The van der Waals surface area contributed by atoms with E-state index in [9.17, 15) is 5.26 Å². The summed E-state index contributed by atoms with van der Waals surface area (Å²) in [6.07, 6.45) is 0. The summed E-state index contributed by atoms with van der Waals surface area (Å²) < 4.78 is 10.7. The summed E-state index contributed by atoms with van der Waals surface area (Å²) in [5.41, 5.74) is 8.03. The SMILES string of the molecule is COc1cc(C(N)C(C#N)C(C)C)c(OC)cc1C. The molecule has 0 amide bonds. The first kappa shape index (κ1) is 15.3. The van der Waals surface area contributed by atoms with Crippen molar-refractivity contribution in [3.63, 3.8) is 0 Å². The highest BCUT2D eigenvalue weighted by Gasteiger charge is 2.26. The molecule has 0 bridgehead atoms. The minimum absolute atomic E-state index is 0.178. The van der Waals surface area contributed by atoms with Gasteiger partial charge in [0.1, 0.15) is 11.5 Å². The second-order valence-electron chi connectivity index (χ2n) is 4.99. The number of nitrogens with two attached hydrogens (primary N) is 1. The van der Waals surface area contributed by atoms with Crippen LogP contribution >= 0.6 is 0 Å². The number of rotatable bonds is 5. The topological polar surface area (TPSA) is 68.3 Å². The van der Waals surface area contributed by atoms with Crippen molar-refractivity contribution in [2.24, 2.45) is 17.6 Å². The Morgan fingerprint density at radius 2 is 1.74 bits per heavy atom. The molecule has 0 saturated carbocycles. The first-order valence-corrected chi connectivity index (χ1v) is 6.34. The van der Waals surface area contributed by atoms with Crippen molar-refractivity contribution in [3.05, 3.63) is 23.3 Å². The number of methoxy groups -OCH3 is 2. The Balaban J connectivity index is 3.28. The predicted molar refractivity (Wildman–Crippen MR) is 75.2 cm³/mol. The fourth-order valence-corrected chi connectivity index (χ4v) is 2.17. The van der Waals surface area contributed by atoms with Gasteiger partial charge in [0.05, 0.1) is 26.2 Å². The van der Waals surface area contributed by atoms with Gasteiger partial charge < -0.3 is 15.2 Å². The van der Waals surface area contributed by atoms with E-state index in [1.165, 1.54) is 0 Å². The number of hydrogen-bond donors (Lipinski definition) is 1. The summed E-state index contributed by atoms with van der Waals surface area (Å²) in [5.74, 6) is 1.37. The molecule has 0 spiro atoms. The van der Waals surface area contributed by atoms with Crippen molar-refractivity contribution in [1.29, 1.82) is 5.26 Å². The highest BCUT2D eigenvalue weighted by atomic mass is 16.5. The Labute approximate surface area is 115 Å². The number of benzene rings is 1. The van der Waals surface area contributed by atoms with E-state index in [1.807, 2.05) is 32.9 Å². The molecule has 0 radical (unpaired) electrons. The van der Waals surface area contributed by atoms with Crippen molar-refractivity contribution >= 4 is 0 Å². The molecule has 19 heavy (non-hydrogen) atoms. The van der Waals surface area contributed by atoms with Crippen LogP contribution in [0.4, 0.5) is 0 Å². The third-order valence-corrected chi connectivity index (χ3v) is 3.36. The summed E-state index contributed by atoms with van der Waals surface area (Å²) in [5, 5.41) is 9.27. The second-order valence-corrected chi connectivity index (χ2v) is 4.99. The average molecular weight is 262 g/mol. The van der Waals surface area contributed by atoms with Gasteiger partial charge in [0.15, 0.2) is 0 Å². The van der Waals surface area contributed by atoms with Crippen LogP contribution in [-0.2, 0) is 0 Å². The molecule has 104 valence electrons. The number of aryl methyl sites for hydroxylation is 1. The smallest absolute Gasteiger partial charge is 0.124 e. The molecule has 4 nitrogen and oxygen atoms in total. The van der Waals surface area contributed by atoms with Crippen molar-refractivity contribution in [1.82, 2.24) is 0 Å². The molecule has 0 aliphatic rings. The van der Waals surface area contributed by atoms with Crippen LogP contribution in [0.15, 0.2) is 12.1 Å². The molecular formula is C15H22N2O2. The zero-order valence-electron chi connectivity index (χ0n) is 12.2. The maximum atomic E-state index is 9.27. The molecule has 0 aliphatic heterocycles. The number of hydrogen-bond acceptors (Lipinski definition) is 4. The van der Waals surface area contributed by atoms with E-state index >= 15 is 0 Å². The molecule has 2 atom stereocenters. The lowest BCUT2D eigenvalue weighted by atomic mass is 9.85. The van der Waals surface area contributed by atoms with Crippen molar-refractivity contribution in [2.75, 3.05) is 14.2 Å². The van der Waals surface area contributed by atoms with E-state index in [-0.39, 0.29) is 11.8 Å². The first-order chi connectivity index (χ1) is 8.96. The van der Waals surface area contributed by atoms with Crippen molar-refractivity contribution < 1.29 is 9.47 Å². The van der Waals surface area contributed by atoms with Crippen molar-refractivity contribution in [2.45, 2.75) is 26.8 Å². The zero-order valence-corrected chi connectivity index (χ0v) is 12.2. The quantitative estimate of drug-likeness (QED) is 0.886. The average Bonchev–Trinajstić information content (AvgIpc) is 2.38. The second kappa shape index (κ2) is 6.44. The zero-order chi connectivity index (χ0) is 14.6. The van der Waals surface area contributed by atoms with Gasteiger partial charge in [0, 0.05) is 11.6 Å². The van der Waals surface area contributed by atoms with Crippen LogP contribution in [-0.4, -0.2) is 14.2 Å². The maximum Gasteiger partial charge on any atom is 0.124 e. The lowest BCUT2D eigenvalue weighted by Gasteiger charge is -2.24. The lowest BCUT2D eigenvalue weighted by Crippen LogP contribution is -2.25. The highest BCUT2D eigenvalue weighted by Crippen LogP contribution is 2.36. The molecule has 0 heterocycles. The minimum atomic E-state index is -0.394. The van der Waals surface area contributed by atoms with E-state index < -0.39 is 6.04 Å². The van der Waals surface area contributed by atoms with E-state index in [4.69, 9.17) is 15.2 Å². The lowest BCUT2D eigenvalue weighted by molar-refractivity contribution is 0.366. The van der Waals surface area contributed by atoms with E-state index in [0.29, 0.717) is 5.75 Å².